The molecule has 0 spiro atoms. The third-order valence-electron chi connectivity index (χ3n) is 2.58. The van der Waals surface area contributed by atoms with Gasteiger partial charge in [-0.05, 0) is 5.56 Å². The number of hydrogen-bond donors (Lipinski definition) is 1. The lowest BCUT2D eigenvalue weighted by Crippen LogP contribution is -2.19. The Morgan fingerprint density at radius 2 is 1.60 bits per heavy atom. The zero-order chi connectivity index (χ0) is 14.7. The summed E-state index contributed by atoms with van der Waals surface area (Å²) in [4.78, 5) is 11.8. The van der Waals surface area contributed by atoms with Crippen molar-refractivity contribution in [2.45, 2.75) is 5.38 Å². The Balaban J connectivity index is 2.20. The Kier molecular flexibility index (Phi) is 4.29. The van der Waals surface area contributed by atoms with Crippen molar-refractivity contribution in [3.05, 3.63) is 65.5 Å². The number of anilines is 1. The first-order valence-corrected chi connectivity index (χ1v) is 6.07. The number of nitrogens with one attached hydrogen (secondary N) is 1. The molecule has 0 saturated carbocycles. The standard InChI is InChI=1S/C14H9ClF3NO/c15-12(8-4-2-1-3-5-8)14(20)19-13-10(17)6-9(16)7-11(13)18/h1-7,12H,(H,19,20). The van der Waals surface area contributed by atoms with E-state index in [1.165, 1.54) is 0 Å². The van der Waals surface area contributed by atoms with Gasteiger partial charge in [-0.1, -0.05) is 30.3 Å². The van der Waals surface area contributed by atoms with Crippen molar-refractivity contribution in [3.8, 4) is 0 Å². The fraction of sp³-hybridized carbons (Fsp3) is 0.0714. The molecule has 0 aromatic heterocycles. The van der Waals surface area contributed by atoms with E-state index >= 15 is 0 Å². The van der Waals surface area contributed by atoms with Gasteiger partial charge in [0.15, 0.2) is 11.6 Å². The van der Waals surface area contributed by atoms with E-state index in [9.17, 15) is 18.0 Å². The molecule has 1 unspecified atom stereocenters. The first kappa shape index (κ1) is 14.4. The number of carbonyl (C=O) groups is 1. The van der Waals surface area contributed by atoms with Crippen molar-refractivity contribution in [2.24, 2.45) is 0 Å². The van der Waals surface area contributed by atoms with Crippen LogP contribution in [0.4, 0.5) is 18.9 Å². The molecular weight excluding hydrogens is 291 g/mol. The molecule has 6 heteroatoms. The zero-order valence-corrected chi connectivity index (χ0v) is 10.8. The molecule has 2 aromatic carbocycles. The summed E-state index contributed by atoms with van der Waals surface area (Å²) >= 11 is 5.91. The third-order valence-corrected chi connectivity index (χ3v) is 3.03. The van der Waals surface area contributed by atoms with E-state index in [0.29, 0.717) is 17.7 Å². The first-order valence-electron chi connectivity index (χ1n) is 5.63. The second-order valence-corrected chi connectivity index (χ2v) is 4.44. The first-order chi connectivity index (χ1) is 9.49. The van der Waals surface area contributed by atoms with E-state index in [0.717, 1.165) is 0 Å². The van der Waals surface area contributed by atoms with Gasteiger partial charge in [0.1, 0.15) is 16.9 Å². The predicted octanol–water partition coefficient (Wildman–Crippen LogP) is 4.02. The van der Waals surface area contributed by atoms with Gasteiger partial charge in [-0.3, -0.25) is 4.79 Å². The molecule has 2 rings (SSSR count). The average Bonchev–Trinajstić information content (AvgIpc) is 2.42. The second-order valence-electron chi connectivity index (χ2n) is 4.01. The van der Waals surface area contributed by atoms with Crippen LogP contribution in [0.3, 0.4) is 0 Å². The largest absolute Gasteiger partial charge is 0.320 e. The highest BCUT2D eigenvalue weighted by Crippen LogP contribution is 2.25. The number of halogens is 4. The summed E-state index contributed by atoms with van der Waals surface area (Å²) in [7, 11) is 0. The van der Waals surface area contributed by atoms with Crippen molar-refractivity contribution in [1.29, 1.82) is 0 Å². The maximum absolute atomic E-state index is 13.4. The van der Waals surface area contributed by atoms with Crippen LogP contribution in [0.25, 0.3) is 0 Å². The van der Waals surface area contributed by atoms with Crippen molar-refractivity contribution < 1.29 is 18.0 Å². The van der Waals surface area contributed by atoms with Crippen LogP contribution in [-0.4, -0.2) is 5.91 Å². The van der Waals surface area contributed by atoms with Crippen LogP contribution >= 0.6 is 11.6 Å². The summed E-state index contributed by atoms with van der Waals surface area (Å²) in [5.74, 6) is -4.27. The third kappa shape index (κ3) is 3.11. The number of alkyl halides is 1. The van der Waals surface area contributed by atoms with E-state index in [4.69, 9.17) is 11.6 Å². The van der Waals surface area contributed by atoms with Gasteiger partial charge in [-0.2, -0.15) is 0 Å². The minimum atomic E-state index is -1.20. The van der Waals surface area contributed by atoms with Gasteiger partial charge in [0.2, 0.25) is 5.91 Å². The normalized spacial score (nSPS) is 12.0. The van der Waals surface area contributed by atoms with Gasteiger partial charge >= 0.3 is 0 Å². The van der Waals surface area contributed by atoms with Crippen molar-refractivity contribution >= 4 is 23.2 Å². The topological polar surface area (TPSA) is 29.1 Å². The second kappa shape index (κ2) is 5.96. The predicted molar refractivity (Wildman–Crippen MR) is 70.0 cm³/mol. The number of benzene rings is 2. The molecule has 0 radical (unpaired) electrons. The van der Waals surface area contributed by atoms with Crippen LogP contribution < -0.4 is 5.32 Å². The fourth-order valence-corrected chi connectivity index (χ4v) is 1.82. The van der Waals surface area contributed by atoms with Crippen molar-refractivity contribution in [1.82, 2.24) is 0 Å². The summed E-state index contributed by atoms with van der Waals surface area (Å²) in [5.41, 5.74) is -0.243. The zero-order valence-electron chi connectivity index (χ0n) is 10.0. The number of amides is 1. The molecule has 0 aliphatic heterocycles. The maximum atomic E-state index is 13.4. The van der Waals surface area contributed by atoms with Crippen molar-refractivity contribution in [3.63, 3.8) is 0 Å². The fourth-order valence-electron chi connectivity index (χ4n) is 1.62. The van der Waals surface area contributed by atoms with Gasteiger partial charge in [-0.25, -0.2) is 13.2 Å². The number of carbonyl (C=O) groups excluding carboxylic acids is 1. The molecule has 1 atom stereocenters. The lowest BCUT2D eigenvalue weighted by molar-refractivity contribution is -0.116. The summed E-state index contributed by atoms with van der Waals surface area (Å²) in [6.45, 7) is 0. The van der Waals surface area contributed by atoms with E-state index in [1.54, 1.807) is 30.3 Å². The highest BCUT2D eigenvalue weighted by Gasteiger charge is 2.21. The van der Waals surface area contributed by atoms with Crippen LogP contribution in [0.5, 0.6) is 0 Å². The molecule has 0 fully saturated rings. The van der Waals surface area contributed by atoms with Gasteiger partial charge in [0.25, 0.3) is 0 Å². The Hall–Kier alpha value is -2.01. The Labute approximate surface area is 118 Å². The number of hydrogen-bond acceptors (Lipinski definition) is 1. The minimum absolute atomic E-state index is 0.477. The summed E-state index contributed by atoms with van der Waals surface area (Å²) in [6, 6.07) is 9.26. The van der Waals surface area contributed by atoms with Crippen LogP contribution in [0.1, 0.15) is 10.9 Å². The Morgan fingerprint density at radius 1 is 1.05 bits per heavy atom. The highest BCUT2D eigenvalue weighted by molar-refractivity contribution is 6.32. The molecule has 1 N–H and O–H groups in total. The lowest BCUT2D eigenvalue weighted by atomic mass is 10.1. The molecule has 0 bridgehead atoms. The maximum Gasteiger partial charge on any atom is 0.247 e. The van der Waals surface area contributed by atoms with Crippen LogP contribution in [-0.2, 0) is 4.79 Å². The van der Waals surface area contributed by atoms with Gasteiger partial charge in [0.05, 0.1) is 0 Å². The highest BCUT2D eigenvalue weighted by atomic mass is 35.5. The average molecular weight is 300 g/mol. The minimum Gasteiger partial charge on any atom is -0.320 e. The molecule has 1 amide bonds. The molecule has 2 nitrogen and oxygen atoms in total. The molecular formula is C14H9ClF3NO. The summed E-state index contributed by atoms with van der Waals surface area (Å²) in [6.07, 6.45) is 0. The van der Waals surface area contributed by atoms with Crippen LogP contribution in [0, 0.1) is 17.5 Å². The Morgan fingerprint density at radius 3 is 2.15 bits per heavy atom. The summed E-state index contributed by atoms with van der Waals surface area (Å²) < 4.78 is 39.5. The van der Waals surface area contributed by atoms with Crippen LogP contribution in [0.15, 0.2) is 42.5 Å². The van der Waals surface area contributed by atoms with Crippen LogP contribution in [0.2, 0.25) is 0 Å². The molecule has 104 valence electrons. The monoisotopic (exact) mass is 299 g/mol. The van der Waals surface area contributed by atoms with Crippen molar-refractivity contribution in [2.75, 3.05) is 5.32 Å². The molecule has 2 aromatic rings. The smallest absolute Gasteiger partial charge is 0.247 e. The van der Waals surface area contributed by atoms with E-state index < -0.39 is 34.4 Å². The number of rotatable bonds is 3. The van der Waals surface area contributed by atoms with E-state index in [1.807, 2.05) is 5.32 Å². The SMILES string of the molecule is O=C(Nc1c(F)cc(F)cc1F)C(Cl)c1ccccc1. The van der Waals surface area contributed by atoms with Gasteiger partial charge < -0.3 is 5.32 Å². The van der Waals surface area contributed by atoms with Gasteiger partial charge in [-0.15, -0.1) is 11.6 Å². The molecule has 0 heterocycles. The van der Waals surface area contributed by atoms with E-state index in [-0.39, 0.29) is 0 Å². The lowest BCUT2D eigenvalue weighted by Gasteiger charge is -2.12. The molecule has 0 saturated heterocycles. The van der Waals surface area contributed by atoms with Gasteiger partial charge in [0, 0.05) is 12.1 Å². The molecule has 20 heavy (non-hydrogen) atoms. The molecule has 0 aliphatic carbocycles. The Bertz CT molecular complexity index is 611. The quantitative estimate of drug-likeness (QED) is 0.852. The summed E-state index contributed by atoms with van der Waals surface area (Å²) in [5, 5.41) is 0.905. The van der Waals surface area contributed by atoms with E-state index in [2.05, 4.69) is 0 Å². The molecule has 0 aliphatic rings.